The molecule has 1 rings (SSSR count). The molecule has 0 radical (unpaired) electrons. The number of methoxy groups -OCH3 is 1. The average molecular weight is 325 g/mol. The van der Waals surface area contributed by atoms with Crippen molar-refractivity contribution in [1.29, 1.82) is 0 Å². The van der Waals surface area contributed by atoms with Crippen molar-refractivity contribution in [3.8, 4) is 0 Å². The van der Waals surface area contributed by atoms with Crippen molar-refractivity contribution in [2.75, 3.05) is 32.3 Å². The van der Waals surface area contributed by atoms with Crippen LogP contribution in [0.5, 0.6) is 0 Å². The lowest BCUT2D eigenvalue weighted by Gasteiger charge is -2.14. The van der Waals surface area contributed by atoms with Gasteiger partial charge in [0.2, 0.25) is 0 Å². The minimum absolute atomic E-state index is 0.0190. The van der Waals surface area contributed by atoms with Crippen LogP contribution >= 0.6 is 23.1 Å². The number of thioether (sulfide) groups is 1. The minimum atomic E-state index is -3.68. The van der Waals surface area contributed by atoms with Crippen molar-refractivity contribution in [2.45, 2.75) is 10.3 Å². The first-order chi connectivity index (χ1) is 9.35. The van der Waals surface area contributed by atoms with Gasteiger partial charge in [0, 0.05) is 14.2 Å². The largest absolute Gasteiger partial charge is 0.378 e. The van der Waals surface area contributed by atoms with E-state index in [9.17, 15) is 18.4 Å². The third-order valence-corrected chi connectivity index (χ3v) is 4.07. The number of aromatic nitrogens is 1. The predicted octanol–water partition coefficient (Wildman–Crippen LogP) is 1.44. The number of nitrogens with one attached hydrogen (secondary N) is 2. The smallest absolute Gasteiger partial charge is 0.347 e. The number of hydrogen-bond acceptors (Lipinski definition) is 6. The van der Waals surface area contributed by atoms with E-state index in [1.54, 1.807) is 6.26 Å². The van der Waals surface area contributed by atoms with Crippen molar-refractivity contribution < 1.29 is 23.1 Å². The van der Waals surface area contributed by atoms with Crippen LogP contribution in [-0.2, 0) is 9.53 Å². The van der Waals surface area contributed by atoms with Gasteiger partial charge in [-0.05, 0) is 6.26 Å². The molecule has 1 aromatic heterocycles. The molecule has 0 aliphatic heterocycles. The summed E-state index contributed by atoms with van der Waals surface area (Å²) in [6.07, 6.45) is 1.72. The van der Waals surface area contributed by atoms with Crippen LogP contribution in [0.2, 0.25) is 0 Å². The monoisotopic (exact) mass is 325 g/mol. The van der Waals surface area contributed by atoms with Crippen LogP contribution < -0.4 is 10.6 Å². The summed E-state index contributed by atoms with van der Waals surface area (Å²) in [5, 5.41) is 4.33. The fourth-order valence-corrected chi connectivity index (χ4v) is 2.64. The van der Waals surface area contributed by atoms with Gasteiger partial charge in [-0.3, -0.25) is 9.59 Å². The number of anilines is 1. The quantitative estimate of drug-likeness (QED) is 0.774. The van der Waals surface area contributed by atoms with Gasteiger partial charge in [-0.15, -0.1) is 0 Å². The first-order valence-electron chi connectivity index (χ1n) is 5.30. The van der Waals surface area contributed by atoms with E-state index in [-0.39, 0.29) is 10.7 Å². The summed E-state index contributed by atoms with van der Waals surface area (Å²) in [4.78, 5) is 27.0. The fourth-order valence-electron chi connectivity index (χ4n) is 1.19. The molecule has 0 saturated heterocycles. The molecule has 0 aliphatic carbocycles. The second kappa shape index (κ2) is 6.95. The summed E-state index contributed by atoms with van der Waals surface area (Å²) in [6, 6.07) is 0. The Labute approximate surface area is 122 Å². The van der Waals surface area contributed by atoms with Gasteiger partial charge in [0.15, 0.2) is 10.0 Å². The fraction of sp³-hybridized carbons (Fsp3) is 0.500. The first-order valence-corrected chi connectivity index (χ1v) is 7.35. The molecule has 0 bridgehead atoms. The van der Waals surface area contributed by atoms with Crippen molar-refractivity contribution in [1.82, 2.24) is 10.3 Å². The van der Waals surface area contributed by atoms with Crippen molar-refractivity contribution >= 4 is 39.9 Å². The van der Waals surface area contributed by atoms with Crippen LogP contribution in [0.25, 0.3) is 0 Å². The molecule has 10 heteroatoms. The number of rotatable bonds is 6. The van der Waals surface area contributed by atoms with Gasteiger partial charge in [0.25, 0.3) is 11.8 Å². The third kappa shape index (κ3) is 3.87. The Kier molecular flexibility index (Phi) is 5.84. The van der Waals surface area contributed by atoms with Gasteiger partial charge < -0.3 is 15.4 Å². The number of nitrogens with zero attached hydrogens (tertiary/aromatic N) is 1. The standard InChI is InChI=1S/C10H13F2N3O3S2/c1-13-6(16)5-7(20-9(14-5)19-3)15-8(17)10(11,12)4-18-2/h4H2,1-3H3,(H,13,16)(H,15,17). The molecule has 0 fully saturated rings. The van der Waals surface area contributed by atoms with Gasteiger partial charge in [0.1, 0.15) is 11.6 Å². The summed E-state index contributed by atoms with van der Waals surface area (Å²) in [5.74, 6) is -5.79. The maximum absolute atomic E-state index is 13.3. The number of thiazole rings is 1. The SMILES string of the molecule is CNC(=O)c1nc(SC)sc1NC(=O)C(F)(F)COC. The molecular formula is C10H13F2N3O3S2. The Morgan fingerprint density at radius 2 is 2.15 bits per heavy atom. The molecule has 1 aromatic rings. The Morgan fingerprint density at radius 3 is 2.65 bits per heavy atom. The van der Waals surface area contributed by atoms with E-state index in [0.717, 1.165) is 18.4 Å². The number of halogens is 2. The van der Waals surface area contributed by atoms with E-state index in [4.69, 9.17) is 0 Å². The van der Waals surface area contributed by atoms with E-state index in [0.29, 0.717) is 4.34 Å². The molecule has 0 saturated carbocycles. The zero-order valence-electron chi connectivity index (χ0n) is 11.0. The number of carbonyl (C=O) groups is 2. The zero-order chi connectivity index (χ0) is 15.3. The molecule has 0 aliphatic rings. The number of amides is 2. The van der Waals surface area contributed by atoms with Gasteiger partial charge in [-0.25, -0.2) is 4.98 Å². The summed E-state index contributed by atoms with van der Waals surface area (Å²) < 4.78 is 31.5. The van der Waals surface area contributed by atoms with Crippen LogP contribution in [0.1, 0.15) is 10.5 Å². The molecule has 0 aromatic carbocycles. The summed E-state index contributed by atoms with van der Waals surface area (Å²) in [5.41, 5.74) is -0.0941. The molecule has 20 heavy (non-hydrogen) atoms. The molecule has 2 amide bonds. The van der Waals surface area contributed by atoms with Gasteiger partial charge in [0.05, 0.1) is 0 Å². The normalized spacial score (nSPS) is 11.2. The van der Waals surface area contributed by atoms with E-state index >= 15 is 0 Å². The van der Waals surface area contributed by atoms with Crippen LogP contribution in [0.3, 0.4) is 0 Å². The lowest BCUT2D eigenvalue weighted by Crippen LogP contribution is -2.38. The van der Waals surface area contributed by atoms with Gasteiger partial charge in [-0.1, -0.05) is 23.1 Å². The van der Waals surface area contributed by atoms with Crippen LogP contribution in [-0.4, -0.2) is 49.7 Å². The van der Waals surface area contributed by atoms with E-state index in [2.05, 4.69) is 15.0 Å². The lowest BCUT2D eigenvalue weighted by atomic mass is 10.3. The highest BCUT2D eigenvalue weighted by molar-refractivity contribution is 8.00. The van der Waals surface area contributed by atoms with Crippen molar-refractivity contribution in [3.05, 3.63) is 5.69 Å². The summed E-state index contributed by atoms with van der Waals surface area (Å²) in [6.45, 7) is -1.04. The molecule has 2 N–H and O–H groups in total. The molecule has 0 unspecified atom stereocenters. The second-order valence-corrected chi connectivity index (χ2v) is 5.58. The van der Waals surface area contributed by atoms with Crippen molar-refractivity contribution in [2.24, 2.45) is 0 Å². The predicted molar refractivity (Wildman–Crippen MR) is 72.7 cm³/mol. The van der Waals surface area contributed by atoms with E-state index in [1.807, 2.05) is 5.32 Å². The van der Waals surface area contributed by atoms with Crippen molar-refractivity contribution in [3.63, 3.8) is 0 Å². The first kappa shape index (κ1) is 16.8. The highest BCUT2D eigenvalue weighted by Crippen LogP contribution is 2.31. The number of carbonyl (C=O) groups excluding carboxylic acids is 2. The average Bonchev–Trinajstić information content (AvgIpc) is 2.80. The maximum Gasteiger partial charge on any atom is 0.347 e. The molecule has 6 nitrogen and oxygen atoms in total. The minimum Gasteiger partial charge on any atom is -0.378 e. The summed E-state index contributed by atoms with van der Waals surface area (Å²) in [7, 11) is 2.45. The van der Waals surface area contributed by atoms with Crippen LogP contribution in [0.4, 0.5) is 13.8 Å². The highest BCUT2D eigenvalue weighted by Gasteiger charge is 2.39. The number of alkyl halides is 2. The molecule has 0 atom stereocenters. The Morgan fingerprint density at radius 1 is 1.50 bits per heavy atom. The van der Waals surface area contributed by atoms with Gasteiger partial charge >= 0.3 is 5.92 Å². The zero-order valence-corrected chi connectivity index (χ0v) is 12.6. The van der Waals surface area contributed by atoms with E-state index in [1.165, 1.54) is 18.8 Å². The molecule has 1 heterocycles. The molecular weight excluding hydrogens is 312 g/mol. The molecule has 0 spiro atoms. The Hall–Kier alpha value is -1.26. The maximum atomic E-state index is 13.3. The summed E-state index contributed by atoms with van der Waals surface area (Å²) >= 11 is 2.19. The van der Waals surface area contributed by atoms with Crippen LogP contribution in [0, 0.1) is 0 Å². The third-order valence-electron chi connectivity index (χ3n) is 2.11. The second-order valence-electron chi connectivity index (χ2n) is 3.53. The highest BCUT2D eigenvalue weighted by atomic mass is 32.2. The topological polar surface area (TPSA) is 80.3 Å². The van der Waals surface area contributed by atoms with Crippen LogP contribution in [0.15, 0.2) is 4.34 Å². The van der Waals surface area contributed by atoms with E-state index < -0.39 is 24.3 Å². The Bertz CT molecular complexity index is 508. The lowest BCUT2D eigenvalue weighted by molar-refractivity contribution is -0.146. The Balaban J connectivity index is 2.99. The number of hydrogen-bond donors (Lipinski definition) is 2. The molecule has 112 valence electrons. The van der Waals surface area contributed by atoms with Gasteiger partial charge in [-0.2, -0.15) is 8.78 Å². The number of ether oxygens (including phenoxy) is 1.